The maximum atomic E-state index is 12.2. The zero-order valence-electron chi connectivity index (χ0n) is 11.6. The standard InChI is InChI=1S/C17H16N2O2/c20-17(14-5-3-9-18-14)19-11-7-8-16-13(10-11)12-4-1-2-6-15(12)21-16/h1-2,4,6-8,10,14,18H,3,5,9H2,(H,19,20). The molecule has 4 nitrogen and oxygen atoms in total. The van der Waals surface area contributed by atoms with E-state index in [9.17, 15) is 4.79 Å². The SMILES string of the molecule is O=C(Nc1ccc2oc3ccccc3c2c1)C1CCCN1. The molecule has 21 heavy (non-hydrogen) atoms. The average molecular weight is 280 g/mol. The molecule has 1 aliphatic rings. The number of anilines is 1. The first-order chi connectivity index (χ1) is 10.3. The van der Waals surface area contributed by atoms with Gasteiger partial charge in [0.15, 0.2) is 0 Å². The van der Waals surface area contributed by atoms with Gasteiger partial charge in [0.05, 0.1) is 6.04 Å². The van der Waals surface area contributed by atoms with E-state index in [0.29, 0.717) is 0 Å². The molecule has 0 bridgehead atoms. The van der Waals surface area contributed by atoms with E-state index in [2.05, 4.69) is 10.6 Å². The van der Waals surface area contributed by atoms with Crippen molar-refractivity contribution >= 4 is 33.5 Å². The lowest BCUT2D eigenvalue weighted by molar-refractivity contribution is -0.117. The van der Waals surface area contributed by atoms with Crippen LogP contribution in [0.4, 0.5) is 5.69 Å². The molecule has 4 rings (SSSR count). The summed E-state index contributed by atoms with van der Waals surface area (Å²) in [5, 5.41) is 8.30. The van der Waals surface area contributed by atoms with Gasteiger partial charge in [-0.3, -0.25) is 4.79 Å². The van der Waals surface area contributed by atoms with E-state index in [0.717, 1.165) is 47.0 Å². The lowest BCUT2D eigenvalue weighted by Crippen LogP contribution is -2.35. The van der Waals surface area contributed by atoms with Gasteiger partial charge in [-0.2, -0.15) is 0 Å². The molecule has 0 radical (unpaired) electrons. The molecule has 1 atom stereocenters. The van der Waals surface area contributed by atoms with Gasteiger partial charge in [-0.25, -0.2) is 0 Å². The van der Waals surface area contributed by atoms with Crippen LogP contribution < -0.4 is 10.6 Å². The second kappa shape index (κ2) is 4.90. The number of furan rings is 1. The molecule has 2 aromatic carbocycles. The Kier molecular flexibility index (Phi) is 2.89. The van der Waals surface area contributed by atoms with Crippen LogP contribution in [-0.2, 0) is 4.79 Å². The summed E-state index contributed by atoms with van der Waals surface area (Å²) in [4.78, 5) is 12.2. The predicted molar refractivity (Wildman–Crippen MR) is 83.4 cm³/mol. The van der Waals surface area contributed by atoms with Crippen LogP contribution in [0.1, 0.15) is 12.8 Å². The van der Waals surface area contributed by atoms with Crippen LogP contribution in [-0.4, -0.2) is 18.5 Å². The summed E-state index contributed by atoms with van der Waals surface area (Å²) in [6.45, 7) is 0.920. The van der Waals surface area contributed by atoms with Crippen LogP contribution >= 0.6 is 0 Å². The van der Waals surface area contributed by atoms with Gasteiger partial charge in [0.1, 0.15) is 11.2 Å². The lowest BCUT2D eigenvalue weighted by Gasteiger charge is -2.10. The number of carbonyl (C=O) groups is 1. The van der Waals surface area contributed by atoms with Crippen LogP contribution in [0.25, 0.3) is 21.9 Å². The topological polar surface area (TPSA) is 54.3 Å². The molecule has 1 amide bonds. The number of rotatable bonds is 2. The van der Waals surface area contributed by atoms with Crippen molar-refractivity contribution in [2.75, 3.05) is 11.9 Å². The monoisotopic (exact) mass is 280 g/mol. The number of para-hydroxylation sites is 1. The molecule has 3 aromatic rings. The predicted octanol–water partition coefficient (Wildman–Crippen LogP) is 3.28. The number of hydrogen-bond acceptors (Lipinski definition) is 3. The molecule has 0 aliphatic carbocycles. The summed E-state index contributed by atoms with van der Waals surface area (Å²) in [5.41, 5.74) is 2.52. The fourth-order valence-corrected chi connectivity index (χ4v) is 2.94. The molecule has 1 unspecified atom stereocenters. The highest BCUT2D eigenvalue weighted by molar-refractivity contribution is 6.07. The summed E-state index contributed by atoms with van der Waals surface area (Å²) >= 11 is 0. The third-order valence-corrected chi connectivity index (χ3v) is 4.02. The van der Waals surface area contributed by atoms with Crippen molar-refractivity contribution in [1.29, 1.82) is 0 Å². The Bertz CT molecular complexity index is 816. The Labute approximate surface area is 122 Å². The minimum absolute atomic E-state index is 0.0413. The van der Waals surface area contributed by atoms with Gasteiger partial charge in [0.25, 0.3) is 0 Å². The zero-order chi connectivity index (χ0) is 14.2. The van der Waals surface area contributed by atoms with Crippen LogP contribution in [0, 0.1) is 0 Å². The summed E-state index contributed by atoms with van der Waals surface area (Å²) < 4.78 is 5.79. The summed E-state index contributed by atoms with van der Waals surface area (Å²) in [5.74, 6) is 0.0413. The fourth-order valence-electron chi connectivity index (χ4n) is 2.94. The Morgan fingerprint density at radius 3 is 2.86 bits per heavy atom. The van der Waals surface area contributed by atoms with Gasteiger partial charge < -0.3 is 15.1 Å². The zero-order valence-corrected chi connectivity index (χ0v) is 11.6. The highest BCUT2D eigenvalue weighted by Gasteiger charge is 2.22. The molecule has 106 valence electrons. The summed E-state index contributed by atoms with van der Waals surface area (Å²) in [6, 6.07) is 13.6. The van der Waals surface area contributed by atoms with Crippen molar-refractivity contribution in [3.8, 4) is 0 Å². The summed E-state index contributed by atoms with van der Waals surface area (Å²) in [6.07, 6.45) is 1.96. The minimum Gasteiger partial charge on any atom is -0.456 e. The number of benzene rings is 2. The fraction of sp³-hybridized carbons (Fsp3) is 0.235. The van der Waals surface area contributed by atoms with Crippen molar-refractivity contribution in [2.24, 2.45) is 0 Å². The molecule has 2 heterocycles. The maximum absolute atomic E-state index is 12.2. The summed E-state index contributed by atoms with van der Waals surface area (Å²) in [7, 11) is 0. The highest BCUT2D eigenvalue weighted by Crippen LogP contribution is 2.30. The van der Waals surface area contributed by atoms with Crippen LogP contribution in [0.15, 0.2) is 46.9 Å². The molecule has 4 heteroatoms. The molecular formula is C17H16N2O2. The average Bonchev–Trinajstić information content (AvgIpc) is 3.14. The quantitative estimate of drug-likeness (QED) is 0.757. The van der Waals surface area contributed by atoms with Gasteiger partial charge in [-0.1, -0.05) is 18.2 Å². The van der Waals surface area contributed by atoms with Crippen LogP contribution in [0.2, 0.25) is 0 Å². The van der Waals surface area contributed by atoms with Gasteiger partial charge in [-0.15, -0.1) is 0 Å². The largest absolute Gasteiger partial charge is 0.456 e. The Morgan fingerprint density at radius 1 is 1.14 bits per heavy atom. The van der Waals surface area contributed by atoms with Crippen molar-refractivity contribution in [3.63, 3.8) is 0 Å². The van der Waals surface area contributed by atoms with E-state index in [1.165, 1.54) is 0 Å². The molecule has 1 aliphatic heterocycles. The second-order valence-electron chi connectivity index (χ2n) is 5.45. The van der Waals surface area contributed by atoms with Crippen LogP contribution in [0.3, 0.4) is 0 Å². The van der Waals surface area contributed by atoms with Crippen molar-refractivity contribution < 1.29 is 9.21 Å². The van der Waals surface area contributed by atoms with Crippen molar-refractivity contribution in [1.82, 2.24) is 5.32 Å². The molecular weight excluding hydrogens is 264 g/mol. The van der Waals surface area contributed by atoms with Crippen molar-refractivity contribution in [2.45, 2.75) is 18.9 Å². The molecule has 0 saturated carbocycles. The van der Waals surface area contributed by atoms with Gasteiger partial charge in [0, 0.05) is 16.5 Å². The first-order valence-corrected chi connectivity index (χ1v) is 7.27. The normalized spacial score (nSPS) is 18.4. The maximum Gasteiger partial charge on any atom is 0.241 e. The van der Waals surface area contributed by atoms with E-state index in [-0.39, 0.29) is 11.9 Å². The molecule has 1 fully saturated rings. The second-order valence-corrected chi connectivity index (χ2v) is 5.45. The van der Waals surface area contributed by atoms with E-state index in [1.54, 1.807) is 0 Å². The minimum atomic E-state index is -0.0678. The number of fused-ring (bicyclic) bond motifs is 3. The number of carbonyl (C=O) groups excluding carboxylic acids is 1. The number of hydrogen-bond donors (Lipinski definition) is 2. The number of amides is 1. The Balaban J connectivity index is 1.69. The third-order valence-electron chi connectivity index (χ3n) is 4.02. The Morgan fingerprint density at radius 2 is 2.00 bits per heavy atom. The molecule has 1 saturated heterocycles. The highest BCUT2D eigenvalue weighted by atomic mass is 16.3. The van der Waals surface area contributed by atoms with Gasteiger partial charge >= 0.3 is 0 Å². The van der Waals surface area contributed by atoms with E-state index < -0.39 is 0 Å². The lowest BCUT2D eigenvalue weighted by atomic mass is 10.1. The first kappa shape index (κ1) is 12.4. The van der Waals surface area contributed by atoms with Crippen LogP contribution in [0.5, 0.6) is 0 Å². The smallest absolute Gasteiger partial charge is 0.241 e. The Hall–Kier alpha value is -2.33. The number of nitrogens with one attached hydrogen (secondary N) is 2. The molecule has 2 N–H and O–H groups in total. The molecule has 0 spiro atoms. The van der Waals surface area contributed by atoms with E-state index in [4.69, 9.17) is 4.42 Å². The van der Waals surface area contributed by atoms with Crippen molar-refractivity contribution in [3.05, 3.63) is 42.5 Å². The third kappa shape index (κ3) is 2.17. The van der Waals surface area contributed by atoms with Gasteiger partial charge in [0.2, 0.25) is 5.91 Å². The van der Waals surface area contributed by atoms with E-state index >= 15 is 0 Å². The molecule has 1 aromatic heterocycles. The first-order valence-electron chi connectivity index (χ1n) is 7.27. The van der Waals surface area contributed by atoms with Gasteiger partial charge in [-0.05, 0) is 43.7 Å². The van der Waals surface area contributed by atoms with E-state index in [1.807, 2.05) is 42.5 Å².